The molecule has 0 bridgehead atoms. The van der Waals surface area contributed by atoms with Crippen LogP contribution in [0.25, 0.3) is 10.8 Å². The van der Waals surface area contributed by atoms with Crippen LogP contribution in [-0.4, -0.2) is 22.3 Å². The van der Waals surface area contributed by atoms with Gasteiger partial charge in [-0.2, -0.15) is 0 Å². The minimum atomic E-state index is -0.220. The molecule has 4 rings (SSSR count). The summed E-state index contributed by atoms with van der Waals surface area (Å²) in [6.45, 7) is 37.7. The summed E-state index contributed by atoms with van der Waals surface area (Å²) in [6, 6.07) is 0. The van der Waals surface area contributed by atoms with Crippen LogP contribution in [0.4, 0.5) is 0 Å². The third-order valence-electron chi connectivity index (χ3n) is 11.8. The Morgan fingerprint density at radius 1 is 0.500 bits per heavy atom. The molecule has 1 N–H and O–H groups in total. The molecule has 3 aromatic carbocycles. The number of benzene rings is 3. The molecule has 0 spiro atoms. The van der Waals surface area contributed by atoms with Crippen LogP contribution >= 0.6 is 0 Å². The van der Waals surface area contributed by atoms with Gasteiger partial charge in [0.2, 0.25) is 0 Å². The highest BCUT2D eigenvalue weighted by atomic mass is 16.1. The van der Waals surface area contributed by atoms with Gasteiger partial charge in [-0.3, -0.25) is 19.2 Å². The molecule has 1 atom stereocenters. The fourth-order valence-electron chi connectivity index (χ4n) is 7.43. The number of pyridine rings is 1. The smallest absolute Gasteiger partial charge is 0.256 e. The summed E-state index contributed by atoms with van der Waals surface area (Å²) in [5.41, 5.74) is 20.3. The third-order valence-corrected chi connectivity index (χ3v) is 11.8. The number of aromatic nitrogens is 1. The fraction of sp³-hybridized carbons (Fsp3) is 0.467. The first kappa shape index (κ1) is 42.0. The van der Waals surface area contributed by atoms with E-state index in [0.29, 0.717) is 0 Å². The molecule has 0 fully saturated rings. The maximum absolute atomic E-state index is 12.1. The van der Waals surface area contributed by atoms with E-state index in [9.17, 15) is 19.2 Å². The highest BCUT2D eigenvalue weighted by molar-refractivity contribution is 6.00. The van der Waals surface area contributed by atoms with Gasteiger partial charge in [-0.05, 0) is 213 Å². The molecular formula is C45H61NO4. The summed E-state index contributed by atoms with van der Waals surface area (Å²) in [7, 11) is 0. The number of hydrogen-bond acceptors (Lipinski definition) is 4. The van der Waals surface area contributed by atoms with E-state index in [1.165, 1.54) is 50.1 Å². The Hall–Kier alpha value is -4.12. The van der Waals surface area contributed by atoms with E-state index in [0.717, 1.165) is 67.4 Å². The van der Waals surface area contributed by atoms with Crippen molar-refractivity contribution >= 4 is 28.1 Å². The number of aromatic amines is 1. The number of aryl methyl sites for hydroxylation is 4. The maximum atomic E-state index is 12.1. The van der Waals surface area contributed by atoms with Gasteiger partial charge >= 0.3 is 0 Å². The molecule has 5 nitrogen and oxygen atoms in total. The van der Waals surface area contributed by atoms with E-state index in [1.54, 1.807) is 20.8 Å². The molecule has 5 heteroatoms. The topological polar surface area (TPSA) is 84.1 Å². The summed E-state index contributed by atoms with van der Waals surface area (Å²) >= 11 is 0. The highest BCUT2D eigenvalue weighted by Crippen LogP contribution is 2.33. The number of H-pyrrole nitrogens is 1. The lowest BCUT2D eigenvalue weighted by Crippen LogP contribution is -2.15. The van der Waals surface area contributed by atoms with Gasteiger partial charge in [0.25, 0.3) is 5.56 Å². The maximum Gasteiger partial charge on any atom is 0.256 e. The first-order valence-corrected chi connectivity index (χ1v) is 17.8. The fourth-order valence-corrected chi connectivity index (χ4v) is 7.43. The van der Waals surface area contributed by atoms with Gasteiger partial charge in [0.1, 0.15) is 5.78 Å². The van der Waals surface area contributed by atoms with Gasteiger partial charge in [-0.1, -0.05) is 13.8 Å². The molecule has 0 aliphatic carbocycles. The monoisotopic (exact) mass is 679 g/mol. The SMILES string of the molecule is CC(=O)c1c(C)c(C)c(C)c(C)c1C(C)C(C)=O.CCc1c(C)c(C)c(C)c(C)c1C(C)=O.Cc1[nH]c(=O)c2c(C)c(C)c(C)c(C)c2c1C. The second-order valence-corrected chi connectivity index (χ2v) is 14.4. The number of nitrogens with one attached hydrogen (secondary N) is 1. The van der Waals surface area contributed by atoms with Crippen LogP contribution in [0.15, 0.2) is 4.79 Å². The molecule has 0 amide bonds. The number of carbonyl (C=O) groups is 3. The van der Waals surface area contributed by atoms with Crippen molar-refractivity contribution in [2.45, 2.75) is 144 Å². The number of rotatable bonds is 5. The zero-order valence-electron chi connectivity index (χ0n) is 34.4. The number of Topliss-reactive ketones (excluding diaryl/α,β-unsaturated/α-hetero) is 3. The molecule has 0 aliphatic rings. The lowest BCUT2D eigenvalue weighted by molar-refractivity contribution is -0.118. The van der Waals surface area contributed by atoms with Crippen molar-refractivity contribution in [2.75, 3.05) is 0 Å². The molecule has 1 heterocycles. The van der Waals surface area contributed by atoms with Crippen LogP contribution in [0.3, 0.4) is 0 Å². The summed E-state index contributed by atoms with van der Waals surface area (Å²) < 4.78 is 0. The minimum Gasteiger partial charge on any atom is -0.326 e. The Morgan fingerprint density at radius 2 is 0.880 bits per heavy atom. The molecule has 0 saturated heterocycles. The average molecular weight is 680 g/mol. The first-order valence-electron chi connectivity index (χ1n) is 17.8. The second kappa shape index (κ2) is 16.3. The molecule has 50 heavy (non-hydrogen) atoms. The molecule has 1 aromatic heterocycles. The summed E-state index contributed by atoms with van der Waals surface area (Å²) in [6.07, 6.45) is 0.933. The average Bonchev–Trinajstić information content (AvgIpc) is 3.05. The Bertz CT molecular complexity index is 2090. The molecule has 1 unspecified atom stereocenters. The molecule has 270 valence electrons. The van der Waals surface area contributed by atoms with Crippen molar-refractivity contribution in [3.05, 3.63) is 111 Å². The van der Waals surface area contributed by atoms with Gasteiger partial charge in [0.15, 0.2) is 11.6 Å². The molecular weight excluding hydrogens is 618 g/mol. The van der Waals surface area contributed by atoms with Crippen molar-refractivity contribution < 1.29 is 14.4 Å². The summed E-state index contributed by atoms with van der Waals surface area (Å²) in [5, 5.41) is 1.99. The Morgan fingerprint density at radius 3 is 1.30 bits per heavy atom. The van der Waals surface area contributed by atoms with Gasteiger partial charge in [-0.25, -0.2) is 0 Å². The van der Waals surface area contributed by atoms with Crippen LogP contribution in [0, 0.1) is 96.9 Å². The molecule has 0 radical (unpaired) electrons. The number of ketones is 3. The van der Waals surface area contributed by atoms with Crippen LogP contribution in [0.1, 0.15) is 150 Å². The van der Waals surface area contributed by atoms with Gasteiger partial charge in [-0.15, -0.1) is 0 Å². The Labute approximate surface area is 301 Å². The number of hydrogen-bond donors (Lipinski definition) is 1. The third kappa shape index (κ3) is 7.77. The van der Waals surface area contributed by atoms with Crippen LogP contribution < -0.4 is 5.56 Å². The van der Waals surface area contributed by atoms with Gasteiger partial charge in [0, 0.05) is 22.7 Å². The standard InChI is InChI=1S/C16H22O2.C15H19NO.C14H20O/c1-8-9(2)11(4)16(14(7)18)15(10(8)3)12(5)13(6)17;1-7-8(2)10(4)14-13(9(7)3)11(5)12(6)16-15(14)17;1-7-13-10(4)8(2)9(3)11(5)14(13)12(6)15/h12H,1-7H3;1-6H3,(H,16,17);7H2,1-6H3. The highest BCUT2D eigenvalue weighted by Gasteiger charge is 2.24. The van der Waals surface area contributed by atoms with E-state index < -0.39 is 0 Å². The predicted molar refractivity (Wildman–Crippen MR) is 212 cm³/mol. The zero-order valence-corrected chi connectivity index (χ0v) is 34.4. The van der Waals surface area contributed by atoms with Crippen molar-refractivity contribution in [3.63, 3.8) is 0 Å². The van der Waals surface area contributed by atoms with Crippen molar-refractivity contribution in [1.82, 2.24) is 4.98 Å². The Kier molecular flexibility index (Phi) is 13.7. The molecule has 4 aromatic rings. The lowest BCUT2D eigenvalue weighted by Gasteiger charge is -2.22. The normalized spacial score (nSPS) is 11.4. The van der Waals surface area contributed by atoms with Crippen LogP contribution in [-0.2, 0) is 11.2 Å². The summed E-state index contributed by atoms with van der Waals surface area (Å²) in [4.78, 5) is 50.3. The van der Waals surface area contributed by atoms with Gasteiger partial charge in [0.05, 0.1) is 5.39 Å². The number of carbonyl (C=O) groups excluding carboxylic acids is 3. The molecule has 0 saturated carbocycles. The quantitative estimate of drug-likeness (QED) is 0.213. The van der Waals surface area contributed by atoms with E-state index >= 15 is 0 Å². The first-order chi connectivity index (χ1) is 23.0. The second-order valence-electron chi connectivity index (χ2n) is 14.4. The zero-order chi connectivity index (χ0) is 38.8. The van der Waals surface area contributed by atoms with Crippen molar-refractivity contribution in [1.29, 1.82) is 0 Å². The summed E-state index contributed by atoms with van der Waals surface area (Å²) in [5.74, 6) is 0.113. The van der Waals surface area contributed by atoms with E-state index in [4.69, 9.17) is 0 Å². The van der Waals surface area contributed by atoms with Crippen molar-refractivity contribution in [2.24, 2.45) is 0 Å². The predicted octanol–water partition coefficient (Wildman–Crippen LogP) is 10.9. The lowest BCUT2D eigenvalue weighted by atomic mass is 9.81. The van der Waals surface area contributed by atoms with Crippen molar-refractivity contribution in [3.8, 4) is 0 Å². The van der Waals surface area contributed by atoms with Crippen LogP contribution in [0.2, 0.25) is 0 Å². The van der Waals surface area contributed by atoms with E-state index in [2.05, 4.69) is 74.2 Å². The van der Waals surface area contributed by atoms with E-state index in [-0.39, 0.29) is 28.8 Å². The molecule has 0 aliphatic heterocycles. The largest absolute Gasteiger partial charge is 0.326 e. The number of fused-ring (bicyclic) bond motifs is 1. The van der Waals surface area contributed by atoms with E-state index in [1.807, 2.05) is 41.5 Å². The Balaban J connectivity index is 0.000000261. The van der Waals surface area contributed by atoms with Crippen LogP contribution in [0.5, 0.6) is 0 Å². The minimum absolute atomic E-state index is 0.0341. The van der Waals surface area contributed by atoms with Gasteiger partial charge < -0.3 is 4.98 Å².